The fourth-order valence-corrected chi connectivity index (χ4v) is 3.47. The number of rotatable bonds is 7. The molecular weight excluding hydrogens is 366 g/mol. The molecule has 0 aliphatic carbocycles. The van der Waals surface area contributed by atoms with E-state index in [0.717, 1.165) is 49.5 Å². The standard InChI is InChI=1S/C21H24F2N2O3/c1-15(26)17-4-6-18(7-5-17)25-11-9-24(10-12-25)14-16-3-8-19(28-21(22)23)20(13-16)27-2/h3-8,13,21H,9-12,14H2,1-2H3/p+1. The van der Waals surface area contributed by atoms with E-state index in [1.807, 2.05) is 24.3 Å². The smallest absolute Gasteiger partial charge is 0.387 e. The molecule has 0 unspecified atom stereocenters. The molecule has 1 saturated heterocycles. The molecule has 28 heavy (non-hydrogen) atoms. The van der Waals surface area contributed by atoms with E-state index in [0.29, 0.717) is 5.75 Å². The lowest BCUT2D eigenvalue weighted by atomic mass is 10.1. The molecular formula is C21H25F2N2O3+. The van der Waals surface area contributed by atoms with Gasteiger partial charge in [-0.25, -0.2) is 0 Å². The Hall–Kier alpha value is -2.67. The van der Waals surface area contributed by atoms with Gasteiger partial charge in [-0.2, -0.15) is 8.78 Å². The van der Waals surface area contributed by atoms with Crippen molar-refractivity contribution in [3.05, 3.63) is 53.6 Å². The summed E-state index contributed by atoms with van der Waals surface area (Å²) in [7, 11) is 1.44. The number of nitrogens with zero attached hydrogens (tertiary/aromatic N) is 1. The molecule has 1 aliphatic rings. The molecule has 0 aromatic heterocycles. The van der Waals surface area contributed by atoms with Crippen LogP contribution in [0.3, 0.4) is 0 Å². The molecule has 1 fully saturated rings. The minimum absolute atomic E-state index is 0.0510. The maximum absolute atomic E-state index is 12.4. The summed E-state index contributed by atoms with van der Waals surface area (Å²) >= 11 is 0. The van der Waals surface area contributed by atoms with Gasteiger partial charge in [-0.05, 0) is 49.4 Å². The van der Waals surface area contributed by atoms with Crippen molar-refractivity contribution < 1.29 is 27.9 Å². The van der Waals surface area contributed by atoms with Crippen LogP contribution in [0, 0.1) is 0 Å². The topological polar surface area (TPSA) is 43.2 Å². The normalized spacial score (nSPS) is 15.0. The van der Waals surface area contributed by atoms with Crippen molar-refractivity contribution >= 4 is 11.5 Å². The Kier molecular flexibility index (Phi) is 6.46. The summed E-state index contributed by atoms with van der Waals surface area (Å²) in [6, 6.07) is 12.8. The van der Waals surface area contributed by atoms with Gasteiger partial charge in [0.2, 0.25) is 0 Å². The molecule has 0 amide bonds. The van der Waals surface area contributed by atoms with Crippen LogP contribution < -0.4 is 19.3 Å². The predicted molar refractivity (Wildman–Crippen MR) is 103 cm³/mol. The second kappa shape index (κ2) is 9.01. The Morgan fingerprint density at radius 2 is 1.79 bits per heavy atom. The molecule has 1 aliphatic heterocycles. The number of nitrogens with one attached hydrogen (secondary N) is 1. The first kappa shape index (κ1) is 20.1. The predicted octanol–water partition coefficient (Wildman–Crippen LogP) is 2.40. The van der Waals surface area contributed by atoms with Crippen LogP contribution in [0.1, 0.15) is 22.8 Å². The van der Waals surface area contributed by atoms with Gasteiger partial charge >= 0.3 is 6.61 Å². The van der Waals surface area contributed by atoms with E-state index >= 15 is 0 Å². The number of ketones is 1. The lowest BCUT2D eigenvalue weighted by molar-refractivity contribution is -0.914. The second-order valence-electron chi connectivity index (χ2n) is 6.88. The molecule has 2 aromatic rings. The van der Waals surface area contributed by atoms with E-state index < -0.39 is 6.61 Å². The molecule has 0 saturated carbocycles. The SMILES string of the molecule is COc1cc(C[NH+]2CCN(c3ccc(C(C)=O)cc3)CC2)ccc1OC(F)F. The third-order valence-corrected chi connectivity index (χ3v) is 5.01. The highest BCUT2D eigenvalue weighted by Crippen LogP contribution is 2.29. The molecule has 7 heteroatoms. The summed E-state index contributed by atoms with van der Waals surface area (Å²) in [6.45, 7) is 3.25. The highest BCUT2D eigenvalue weighted by atomic mass is 19.3. The first-order chi connectivity index (χ1) is 13.5. The van der Waals surface area contributed by atoms with Crippen LogP contribution in [0.2, 0.25) is 0 Å². The van der Waals surface area contributed by atoms with Gasteiger partial charge in [0.25, 0.3) is 0 Å². The van der Waals surface area contributed by atoms with Crippen molar-refractivity contribution in [1.82, 2.24) is 0 Å². The average Bonchev–Trinajstić information content (AvgIpc) is 2.69. The number of benzene rings is 2. The Bertz CT molecular complexity index is 804. The van der Waals surface area contributed by atoms with Gasteiger partial charge in [0.1, 0.15) is 6.54 Å². The van der Waals surface area contributed by atoms with E-state index in [2.05, 4.69) is 9.64 Å². The van der Waals surface area contributed by atoms with E-state index in [9.17, 15) is 13.6 Å². The maximum atomic E-state index is 12.4. The van der Waals surface area contributed by atoms with Crippen LogP contribution in [0.4, 0.5) is 14.5 Å². The lowest BCUT2D eigenvalue weighted by Gasteiger charge is -2.33. The van der Waals surface area contributed by atoms with Crippen molar-refractivity contribution in [2.45, 2.75) is 20.1 Å². The number of alkyl halides is 2. The quantitative estimate of drug-likeness (QED) is 0.737. The number of piperazine rings is 1. The van der Waals surface area contributed by atoms with Gasteiger partial charge in [0, 0.05) is 16.8 Å². The molecule has 0 atom stereocenters. The summed E-state index contributed by atoms with van der Waals surface area (Å²) in [5.74, 6) is 0.442. The number of hydrogen-bond donors (Lipinski definition) is 1. The van der Waals surface area contributed by atoms with E-state index in [-0.39, 0.29) is 11.5 Å². The van der Waals surface area contributed by atoms with Crippen molar-refractivity contribution in [2.75, 3.05) is 38.2 Å². The van der Waals surface area contributed by atoms with Crippen LogP contribution in [-0.4, -0.2) is 45.7 Å². The summed E-state index contributed by atoms with van der Waals surface area (Å²) < 4.78 is 34.5. The van der Waals surface area contributed by atoms with Crippen molar-refractivity contribution in [3.8, 4) is 11.5 Å². The molecule has 0 bridgehead atoms. The Labute approximate surface area is 163 Å². The molecule has 1 heterocycles. The molecule has 0 radical (unpaired) electrons. The maximum Gasteiger partial charge on any atom is 0.387 e. The zero-order valence-corrected chi connectivity index (χ0v) is 16.1. The summed E-state index contributed by atoms with van der Waals surface area (Å²) in [6.07, 6.45) is 0. The highest BCUT2D eigenvalue weighted by molar-refractivity contribution is 5.94. The minimum atomic E-state index is -2.87. The number of quaternary nitrogens is 1. The van der Waals surface area contributed by atoms with Crippen LogP contribution in [0.15, 0.2) is 42.5 Å². The van der Waals surface area contributed by atoms with E-state index in [4.69, 9.17) is 4.74 Å². The molecule has 150 valence electrons. The number of hydrogen-bond acceptors (Lipinski definition) is 4. The third kappa shape index (κ3) is 4.98. The van der Waals surface area contributed by atoms with Gasteiger partial charge in [0.15, 0.2) is 17.3 Å². The van der Waals surface area contributed by atoms with Gasteiger partial charge in [-0.15, -0.1) is 0 Å². The highest BCUT2D eigenvalue weighted by Gasteiger charge is 2.21. The van der Waals surface area contributed by atoms with Crippen molar-refractivity contribution in [1.29, 1.82) is 0 Å². The lowest BCUT2D eigenvalue weighted by Crippen LogP contribution is -3.13. The number of anilines is 1. The Morgan fingerprint density at radius 1 is 1.11 bits per heavy atom. The first-order valence-electron chi connectivity index (χ1n) is 9.27. The van der Waals surface area contributed by atoms with Crippen LogP contribution in [-0.2, 0) is 6.54 Å². The zero-order chi connectivity index (χ0) is 20.1. The molecule has 1 N–H and O–H groups in total. The van der Waals surface area contributed by atoms with Crippen LogP contribution in [0.25, 0.3) is 0 Å². The van der Waals surface area contributed by atoms with Gasteiger partial charge in [-0.1, -0.05) is 0 Å². The fourth-order valence-electron chi connectivity index (χ4n) is 3.47. The summed E-state index contributed by atoms with van der Waals surface area (Å²) in [5.41, 5.74) is 2.87. The largest absolute Gasteiger partial charge is 0.493 e. The van der Waals surface area contributed by atoms with Crippen LogP contribution in [0.5, 0.6) is 11.5 Å². The van der Waals surface area contributed by atoms with Crippen molar-refractivity contribution in [2.24, 2.45) is 0 Å². The molecule has 3 rings (SSSR count). The monoisotopic (exact) mass is 391 g/mol. The summed E-state index contributed by atoms with van der Waals surface area (Å²) in [4.78, 5) is 15.1. The van der Waals surface area contributed by atoms with Crippen LogP contribution >= 0.6 is 0 Å². The molecule has 5 nitrogen and oxygen atoms in total. The van der Waals surface area contributed by atoms with Crippen molar-refractivity contribution in [3.63, 3.8) is 0 Å². The fraction of sp³-hybridized carbons (Fsp3) is 0.381. The third-order valence-electron chi connectivity index (χ3n) is 5.01. The number of carbonyl (C=O) groups is 1. The van der Waals surface area contributed by atoms with E-state index in [1.165, 1.54) is 18.1 Å². The Morgan fingerprint density at radius 3 is 2.36 bits per heavy atom. The Balaban J connectivity index is 1.57. The van der Waals surface area contributed by atoms with Gasteiger partial charge < -0.3 is 19.3 Å². The second-order valence-corrected chi connectivity index (χ2v) is 6.88. The average molecular weight is 391 g/mol. The number of carbonyl (C=O) groups excluding carboxylic acids is 1. The minimum Gasteiger partial charge on any atom is -0.493 e. The number of methoxy groups -OCH3 is 1. The van der Waals surface area contributed by atoms with Gasteiger partial charge in [0.05, 0.1) is 33.3 Å². The number of ether oxygens (including phenoxy) is 2. The van der Waals surface area contributed by atoms with E-state index in [1.54, 1.807) is 19.1 Å². The molecule has 2 aromatic carbocycles. The number of halogens is 2. The first-order valence-corrected chi connectivity index (χ1v) is 9.27. The zero-order valence-electron chi connectivity index (χ0n) is 16.1. The van der Waals surface area contributed by atoms with Gasteiger partial charge in [-0.3, -0.25) is 4.79 Å². The molecule has 0 spiro atoms. The summed E-state index contributed by atoms with van der Waals surface area (Å²) in [5, 5.41) is 0. The number of Topliss-reactive ketones (excluding diaryl/α,β-unsaturated/α-hetero) is 1.